The molecule has 0 bridgehead atoms. The summed E-state index contributed by atoms with van der Waals surface area (Å²) in [5.74, 6) is 0.397. The zero-order valence-electron chi connectivity index (χ0n) is 14.0. The summed E-state index contributed by atoms with van der Waals surface area (Å²) in [5, 5.41) is 2.87. The fourth-order valence-electron chi connectivity index (χ4n) is 2.39. The molecule has 3 rings (SSSR count). The van der Waals surface area contributed by atoms with E-state index in [0.29, 0.717) is 32.8 Å². The number of thiophene rings is 1. The van der Waals surface area contributed by atoms with Gasteiger partial charge in [0, 0.05) is 14.9 Å². The van der Waals surface area contributed by atoms with Crippen LogP contribution in [0, 0.1) is 0 Å². The molecule has 0 unspecified atom stereocenters. The zero-order chi connectivity index (χ0) is 18.5. The van der Waals surface area contributed by atoms with Crippen LogP contribution in [0.25, 0.3) is 0 Å². The number of nitrogens with one attached hydrogen (secondary N) is 1. The van der Waals surface area contributed by atoms with Crippen molar-refractivity contribution in [2.24, 2.45) is 0 Å². The normalized spacial score (nSPS) is 10.4. The maximum Gasteiger partial charge on any atom is 0.252 e. The number of halogens is 1. The second kappa shape index (κ2) is 8.29. The highest BCUT2D eigenvalue weighted by atomic mass is 79.9. The summed E-state index contributed by atoms with van der Waals surface area (Å²) in [4.78, 5) is 26.4. The SMILES string of the molecule is COc1ccc(Br)c(C(=O)NCc2ccc(C(=O)c3ccccc3)s2)c1. The minimum Gasteiger partial charge on any atom is -0.497 e. The molecule has 2 aromatic carbocycles. The van der Waals surface area contributed by atoms with Crippen LogP contribution in [0.4, 0.5) is 0 Å². The van der Waals surface area contributed by atoms with Crippen LogP contribution in [0.3, 0.4) is 0 Å². The highest BCUT2D eigenvalue weighted by Crippen LogP contribution is 2.23. The van der Waals surface area contributed by atoms with Crippen LogP contribution in [-0.2, 0) is 6.54 Å². The van der Waals surface area contributed by atoms with Crippen LogP contribution in [-0.4, -0.2) is 18.8 Å². The van der Waals surface area contributed by atoms with Gasteiger partial charge in [0.15, 0.2) is 0 Å². The van der Waals surface area contributed by atoms with Crippen LogP contribution in [0.1, 0.15) is 30.5 Å². The summed E-state index contributed by atoms with van der Waals surface area (Å²) >= 11 is 4.76. The Balaban J connectivity index is 1.67. The van der Waals surface area contributed by atoms with Crippen molar-refractivity contribution in [2.75, 3.05) is 7.11 Å². The molecule has 6 heteroatoms. The summed E-state index contributed by atoms with van der Waals surface area (Å²) in [6.07, 6.45) is 0. The van der Waals surface area contributed by atoms with Gasteiger partial charge < -0.3 is 10.1 Å². The molecule has 26 heavy (non-hydrogen) atoms. The van der Waals surface area contributed by atoms with Gasteiger partial charge in [0.05, 0.1) is 24.1 Å². The number of hydrogen-bond acceptors (Lipinski definition) is 4. The number of benzene rings is 2. The van der Waals surface area contributed by atoms with Crippen LogP contribution in [0.15, 0.2) is 65.1 Å². The van der Waals surface area contributed by atoms with Crippen molar-refractivity contribution >= 4 is 39.0 Å². The minimum atomic E-state index is -0.208. The van der Waals surface area contributed by atoms with Gasteiger partial charge in [-0.05, 0) is 46.3 Å². The molecule has 1 heterocycles. The molecule has 4 nitrogen and oxygen atoms in total. The Morgan fingerprint density at radius 1 is 1.08 bits per heavy atom. The highest BCUT2D eigenvalue weighted by Gasteiger charge is 2.14. The van der Waals surface area contributed by atoms with E-state index >= 15 is 0 Å². The van der Waals surface area contributed by atoms with Crippen LogP contribution < -0.4 is 10.1 Å². The predicted molar refractivity (Wildman–Crippen MR) is 106 cm³/mol. The van der Waals surface area contributed by atoms with Crippen molar-refractivity contribution in [1.29, 1.82) is 0 Å². The molecule has 0 aliphatic heterocycles. The maximum absolute atomic E-state index is 12.4. The molecular weight excluding hydrogens is 414 g/mol. The summed E-state index contributed by atoms with van der Waals surface area (Å²) in [6.45, 7) is 0.356. The van der Waals surface area contributed by atoms with Gasteiger partial charge in [-0.2, -0.15) is 0 Å². The quantitative estimate of drug-likeness (QED) is 0.578. The molecule has 0 aliphatic carbocycles. The molecular formula is C20H16BrNO3S. The van der Waals surface area contributed by atoms with Gasteiger partial charge in [0.2, 0.25) is 5.78 Å². The summed E-state index contributed by atoms with van der Waals surface area (Å²) in [7, 11) is 1.56. The standard InChI is InChI=1S/C20H16BrNO3S/c1-25-14-7-9-17(21)16(11-14)20(24)22-12-15-8-10-18(26-15)19(23)13-5-3-2-4-6-13/h2-11H,12H2,1H3,(H,22,24). The molecule has 1 N–H and O–H groups in total. The topological polar surface area (TPSA) is 55.4 Å². The first-order chi connectivity index (χ1) is 12.6. The van der Waals surface area contributed by atoms with Crippen LogP contribution in [0.5, 0.6) is 5.75 Å². The van der Waals surface area contributed by atoms with E-state index in [4.69, 9.17) is 4.74 Å². The van der Waals surface area contributed by atoms with Crippen molar-refractivity contribution in [3.8, 4) is 5.75 Å². The number of hydrogen-bond donors (Lipinski definition) is 1. The molecule has 0 fully saturated rings. The monoisotopic (exact) mass is 429 g/mol. The van der Waals surface area contributed by atoms with Crippen molar-refractivity contribution < 1.29 is 14.3 Å². The Hall–Kier alpha value is -2.44. The maximum atomic E-state index is 12.4. The van der Waals surface area contributed by atoms with E-state index in [0.717, 1.165) is 4.88 Å². The average Bonchev–Trinajstić information content (AvgIpc) is 3.15. The lowest BCUT2D eigenvalue weighted by Crippen LogP contribution is -2.22. The Kier molecular flexibility index (Phi) is 5.85. The fourth-order valence-corrected chi connectivity index (χ4v) is 3.73. The van der Waals surface area contributed by atoms with E-state index in [-0.39, 0.29) is 11.7 Å². The first kappa shape index (κ1) is 18.4. The molecule has 0 atom stereocenters. The number of ketones is 1. The molecule has 3 aromatic rings. The van der Waals surface area contributed by atoms with E-state index < -0.39 is 0 Å². The molecule has 1 aromatic heterocycles. The third-order valence-corrected chi connectivity index (χ3v) is 5.54. The van der Waals surface area contributed by atoms with Gasteiger partial charge in [-0.15, -0.1) is 11.3 Å². The number of amides is 1. The number of carbonyl (C=O) groups is 2. The van der Waals surface area contributed by atoms with Crippen molar-refractivity contribution in [3.63, 3.8) is 0 Å². The minimum absolute atomic E-state index is 0.0104. The third kappa shape index (κ3) is 4.20. The lowest BCUT2D eigenvalue weighted by atomic mass is 10.1. The predicted octanol–water partition coefficient (Wildman–Crippen LogP) is 4.68. The van der Waals surface area contributed by atoms with Gasteiger partial charge in [0.1, 0.15) is 5.75 Å². The van der Waals surface area contributed by atoms with Gasteiger partial charge >= 0.3 is 0 Å². The fraction of sp³-hybridized carbons (Fsp3) is 0.100. The Morgan fingerprint density at radius 3 is 2.58 bits per heavy atom. The Labute approximate surface area is 163 Å². The lowest BCUT2D eigenvalue weighted by molar-refractivity contribution is 0.0949. The van der Waals surface area contributed by atoms with Gasteiger partial charge in [-0.25, -0.2) is 0 Å². The number of methoxy groups -OCH3 is 1. The molecule has 0 radical (unpaired) electrons. The van der Waals surface area contributed by atoms with Crippen molar-refractivity contribution in [3.05, 3.63) is 86.0 Å². The van der Waals surface area contributed by atoms with Crippen LogP contribution >= 0.6 is 27.3 Å². The van der Waals surface area contributed by atoms with E-state index in [9.17, 15) is 9.59 Å². The third-order valence-electron chi connectivity index (χ3n) is 3.76. The van der Waals surface area contributed by atoms with Gasteiger partial charge in [-0.1, -0.05) is 30.3 Å². The average molecular weight is 430 g/mol. The van der Waals surface area contributed by atoms with E-state index in [1.165, 1.54) is 11.3 Å². The number of rotatable bonds is 6. The summed E-state index contributed by atoms with van der Waals surface area (Å²) in [5.41, 5.74) is 1.16. The Morgan fingerprint density at radius 2 is 1.85 bits per heavy atom. The lowest BCUT2D eigenvalue weighted by Gasteiger charge is -2.08. The molecule has 132 valence electrons. The molecule has 0 spiro atoms. The number of carbonyl (C=O) groups excluding carboxylic acids is 2. The zero-order valence-corrected chi connectivity index (χ0v) is 16.4. The molecule has 0 saturated carbocycles. The second-order valence-electron chi connectivity index (χ2n) is 5.49. The second-order valence-corrected chi connectivity index (χ2v) is 7.51. The van der Waals surface area contributed by atoms with E-state index in [1.807, 2.05) is 24.3 Å². The first-order valence-corrected chi connectivity index (χ1v) is 9.49. The Bertz CT molecular complexity index is 937. The highest BCUT2D eigenvalue weighted by molar-refractivity contribution is 9.10. The van der Waals surface area contributed by atoms with Gasteiger partial charge in [-0.3, -0.25) is 9.59 Å². The summed E-state index contributed by atoms with van der Waals surface area (Å²) in [6, 6.07) is 18.0. The largest absolute Gasteiger partial charge is 0.497 e. The van der Waals surface area contributed by atoms with Crippen molar-refractivity contribution in [2.45, 2.75) is 6.54 Å². The summed E-state index contributed by atoms with van der Waals surface area (Å²) < 4.78 is 5.85. The first-order valence-electron chi connectivity index (χ1n) is 7.88. The number of ether oxygens (including phenoxy) is 1. The molecule has 0 saturated heterocycles. The van der Waals surface area contributed by atoms with Crippen molar-refractivity contribution in [1.82, 2.24) is 5.32 Å². The molecule has 0 aliphatic rings. The smallest absolute Gasteiger partial charge is 0.252 e. The van der Waals surface area contributed by atoms with Gasteiger partial charge in [0.25, 0.3) is 5.91 Å². The van der Waals surface area contributed by atoms with E-state index in [1.54, 1.807) is 43.5 Å². The van der Waals surface area contributed by atoms with Crippen LogP contribution in [0.2, 0.25) is 0 Å². The van der Waals surface area contributed by atoms with E-state index in [2.05, 4.69) is 21.2 Å². The molecule has 1 amide bonds.